The van der Waals surface area contributed by atoms with Crippen molar-refractivity contribution in [2.75, 3.05) is 13.1 Å². The molecule has 3 amide bonds. The van der Waals surface area contributed by atoms with Crippen LogP contribution in [0.2, 0.25) is 0 Å². The Bertz CT molecular complexity index is 872. The number of unbranched alkanes of at least 4 members (excludes halogenated alkanes) is 1. The first kappa shape index (κ1) is 30.3. The molecule has 0 saturated heterocycles. The summed E-state index contributed by atoms with van der Waals surface area (Å²) in [6.07, 6.45) is 5.16. The van der Waals surface area contributed by atoms with Gasteiger partial charge in [0.25, 0.3) is 0 Å². The Morgan fingerprint density at radius 2 is 1.69 bits per heavy atom. The predicted molar refractivity (Wildman–Crippen MR) is 132 cm³/mol. The molecule has 0 aliphatic carbocycles. The van der Waals surface area contributed by atoms with Gasteiger partial charge < -0.3 is 49.0 Å². The van der Waals surface area contributed by atoms with E-state index in [-0.39, 0.29) is 25.3 Å². The van der Waals surface area contributed by atoms with Gasteiger partial charge >= 0.3 is 5.97 Å². The van der Waals surface area contributed by atoms with Crippen molar-refractivity contribution >= 4 is 29.7 Å². The largest absolute Gasteiger partial charge is 0.480 e. The Morgan fingerprint density at radius 1 is 1.03 bits per heavy atom. The van der Waals surface area contributed by atoms with E-state index in [0.717, 1.165) is 0 Å². The van der Waals surface area contributed by atoms with Gasteiger partial charge in [0.05, 0.1) is 12.4 Å². The normalized spacial score (nSPS) is 14.1. The van der Waals surface area contributed by atoms with Crippen molar-refractivity contribution < 1.29 is 24.3 Å². The van der Waals surface area contributed by atoms with Crippen LogP contribution in [0.15, 0.2) is 17.5 Å². The Labute approximate surface area is 209 Å². The summed E-state index contributed by atoms with van der Waals surface area (Å²) in [6, 6.07) is -4.21. The second kappa shape index (κ2) is 16.0. The number of carbonyl (C=O) groups excluding carboxylic acids is 3. The van der Waals surface area contributed by atoms with Crippen LogP contribution in [-0.4, -0.2) is 82.0 Å². The lowest BCUT2D eigenvalue weighted by Crippen LogP contribution is -2.57. The highest BCUT2D eigenvalue weighted by Gasteiger charge is 2.29. The van der Waals surface area contributed by atoms with Gasteiger partial charge in [-0.2, -0.15) is 0 Å². The maximum absolute atomic E-state index is 13.2. The molecule has 15 nitrogen and oxygen atoms in total. The Hall–Kier alpha value is -3.72. The molecule has 0 aliphatic rings. The lowest BCUT2D eigenvalue weighted by Gasteiger charge is -2.24. The number of guanidine groups is 1. The zero-order valence-corrected chi connectivity index (χ0v) is 20.4. The van der Waals surface area contributed by atoms with Crippen molar-refractivity contribution in [2.24, 2.45) is 27.9 Å². The SMILES string of the molecule is CC(NC(=O)C(Cc1cnc[nH]1)NC(=O)C(CCCN=C(N)N)NC(=O)C(N)CCCCN)C(=O)O. The molecule has 4 atom stereocenters. The average Bonchev–Trinajstić information content (AvgIpc) is 3.33. The standard InChI is InChI=1S/C21H38N10O5/c1-12(20(35)36)29-19(34)16(9-13-10-26-11-28-13)31-18(33)15(6-4-8-27-21(24)25)30-17(32)14(23)5-2-3-7-22/h10-12,14-16H,2-9,22-23H2,1H3,(H,26,28)(H,29,34)(H,30,32)(H,31,33)(H,35,36)(H4,24,25,27). The van der Waals surface area contributed by atoms with Crippen LogP contribution in [0.3, 0.4) is 0 Å². The number of carbonyl (C=O) groups is 4. The minimum atomic E-state index is -1.23. The molecule has 0 saturated carbocycles. The van der Waals surface area contributed by atoms with Crippen LogP contribution in [0.5, 0.6) is 0 Å². The molecule has 1 heterocycles. The van der Waals surface area contributed by atoms with Gasteiger partial charge in [-0.1, -0.05) is 6.42 Å². The monoisotopic (exact) mass is 510 g/mol. The number of amides is 3. The van der Waals surface area contributed by atoms with Gasteiger partial charge in [0.2, 0.25) is 17.7 Å². The molecule has 0 spiro atoms. The highest BCUT2D eigenvalue weighted by atomic mass is 16.4. The second-order valence-electron chi connectivity index (χ2n) is 8.31. The molecule has 0 radical (unpaired) electrons. The van der Waals surface area contributed by atoms with E-state index in [1.54, 1.807) is 0 Å². The van der Waals surface area contributed by atoms with E-state index in [9.17, 15) is 19.2 Å². The van der Waals surface area contributed by atoms with E-state index in [2.05, 4.69) is 30.9 Å². The topological polar surface area (TPSA) is 270 Å². The molecule has 1 rings (SSSR count). The highest BCUT2D eigenvalue weighted by molar-refractivity contribution is 5.94. The van der Waals surface area contributed by atoms with Crippen molar-refractivity contribution in [1.29, 1.82) is 0 Å². The third-order valence-electron chi connectivity index (χ3n) is 5.23. The lowest BCUT2D eigenvalue weighted by molar-refractivity contribution is -0.141. The van der Waals surface area contributed by atoms with E-state index in [4.69, 9.17) is 28.0 Å². The molecule has 0 bridgehead atoms. The van der Waals surface area contributed by atoms with Crippen molar-refractivity contribution in [2.45, 2.75) is 69.6 Å². The number of imidazole rings is 1. The zero-order chi connectivity index (χ0) is 27.1. The Kier molecular flexibility index (Phi) is 13.5. The van der Waals surface area contributed by atoms with Crippen LogP contribution in [0.25, 0.3) is 0 Å². The summed E-state index contributed by atoms with van der Waals surface area (Å²) < 4.78 is 0. The van der Waals surface area contributed by atoms with Gasteiger partial charge in [-0.3, -0.25) is 24.2 Å². The van der Waals surface area contributed by atoms with Crippen LogP contribution >= 0.6 is 0 Å². The minimum absolute atomic E-state index is 0.0111. The number of hydrogen-bond acceptors (Lipinski definition) is 8. The number of aromatic amines is 1. The molecule has 13 N–H and O–H groups in total. The first-order valence-electron chi connectivity index (χ1n) is 11.7. The zero-order valence-electron chi connectivity index (χ0n) is 20.4. The van der Waals surface area contributed by atoms with Crippen LogP contribution in [0.1, 0.15) is 44.7 Å². The third-order valence-corrected chi connectivity index (χ3v) is 5.23. The first-order chi connectivity index (χ1) is 17.0. The number of nitrogens with one attached hydrogen (secondary N) is 4. The number of rotatable bonds is 17. The first-order valence-corrected chi connectivity index (χ1v) is 11.7. The van der Waals surface area contributed by atoms with Crippen molar-refractivity contribution in [3.8, 4) is 0 Å². The van der Waals surface area contributed by atoms with Crippen molar-refractivity contribution in [1.82, 2.24) is 25.9 Å². The molecule has 1 aromatic rings. The van der Waals surface area contributed by atoms with Crippen LogP contribution in [-0.2, 0) is 25.6 Å². The summed E-state index contributed by atoms with van der Waals surface area (Å²) in [5.41, 5.74) is 22.6. The van der Waals surface area contributed by atoms with Gasteiger partial charge in [0.1, 0.15) is 18.1 Å². The molecule has 15 heteroatoms. The van der Waals surface area contributed by atoms with E-state index in [0.29, 0.717) is 37.9 Å². The Morgan fingerprint density at radius 3 is 2.28 bits per heavy atom. The van der Waals surface area contributed by atoms with Gasteiger partial charge in [0, 0.05) is 24.9 Å². The summed E-state index contributed by atoms with van der Waals surface area (Å²) in [5.74, 6) is -3.22. The number of carboxylic acid groups (broad SMARTS) is 1. The summed E-state index contributed by atoms with van der Waals surface area (Å²) >= 11 is 0. The van der Waals surface area contributed by atoms with E-state index < -0.39 is 47.9 Å². The number of hydrogen-bond donors (Lipinski definition) is 9. The third kappa shape index (κ3) is 11.6. The summed E-state index contributed by atoms with van der Waals surface area (Å²) in [7, 11) is 0. The van der Waals surface area contributed by atoms with Crippen molar-refractivity contribution in [3.05, 3.63) is 18.2 Å². The van der Waals surface area contributed by atoms with Crippen molar-refractivity contribution in [3.63, 3.8) is 0 Å². The number of carboxylic acids is 1. The maximum Gasteiger partial charge on any atom is 0.325 e. The summed E-state index contributed by atoms with van der Waals surface area (Å²) in [4.78, 5) is 60.3. The molecular formula is C21H38N10O5. The second-order valence-corrected chi connectivity index (χ2v) is 8.31. The van der Waals surface area contributed by atoms with Gasteiger partial charge in [0.15, 0.2) is 5.96 Å². The van der Waals surface area contributed by atoms with Gasteiger partial charge in [-0.25, -0.2) is 4.98 Å². The predicted octanol–water partition coefficient (Wildman–Crippen LogP) is -2.98. The van der Waals surface area contributed by atoms with Crippen LogP contribution in [0, 0.1) is 0 Å². The maximum atomic E-state index is 13.2. The average molecular weight is 511 g/mol. The molecule has 4 unspecified atom stereocenters. The highest BCUT2D eigenvalue weighted by Crippen LogP contribution is 2.05. The molecular weight excluding hydrogens is 472 g/mol. The molecule has 202 valence electrons. The van der Waals surface area contributed by atoms with Gasteiger partial charge in [-0.15, -0.1) is 0 Å². The summed E-state index contributed by atoms with van der Waals surface area (Å²) in [6.45, 7) is 2.00. The van der Waals surface area contributed by atoms with E-state index >= 15 is 0 Å². The van der Waals surface area contributed by atoms with Crippen LogP contribution in [0.4, 0.5) is 0 Å². The fourth-order valence-electron chi connectivity index (χ4n) is 3.16. The van der Waals surface area contributed by atoms with E-state index in [1.165, 1.54) is 19.4 Å². The molecule has 36 heavy (non-hydrogen) atoms. The molecule has 0 fully saturated rings. The minimum Gasteiger partial charge on any atom is -0.480 e. The molecule has 0 aliphatic heterocycles. The quantitative estimate of drug-likeness (QED) is 0.0582. The van der Waals surface area contributed by atoms with Crippen LogP contribution < -0.4 is 38.9 Å². The van der Waals surface area contributed by atoms with E-state index in [1.807, 2.05) is 0 Å². The number of aliphatic imine (C=N–C) groups is 1. The lowest BCUT2D eigenvalue weighted by atomic mass is 10.1. The summed E-state index contributed by atoms with van der Waals surface area (Å²) in [5, 5.41) is 16.7. The Balaban J connectivity index is 2.98. The number of nitrogens with zero attached hydrogens (tertiary/aromatic N) is 2. The molecule has 0 aromatic carbocycles. The fraction of sp³-hybridized carbons (Fsp3) is 0.619. The smallest absolute Gasteiger partial charge is 0.325 e. The number of aliphatic carboxylic acids is 1. The fourth-order valence-corrected chi connectivity index (χ4v) is 3.16. The molecule has 1 aromatic heterocycles. The number of H-pyrrole nitrogens is 1. The number of nitrogens with two attached hydrogens (primary N) is 4. The number of aromatic nitrogens is 2. The van der Waals surface area contributed by atoms with Gasteiger partial charge in [-0.05, 0) is 39.2 Å².